The zero-order chi connectivity index (χ0) is 55.6. The van der Waals surface area contributed by atoms with Gasteiger partial charge in [0.1, 0.15) is 66.1 Å². The zero-order valence-electron chi connectivity index (χ0n) is 44.7. The van der Waals surface area contributed by atoms with Crippen LogP contribution in [0, 0.1) is 12.8 Å². The van der Waals surface area contributed by atoms with Crippen LogP contribution >= 0.6 is 0 Å². The molecule has 5 fully saturated rings. The minimum atomic E-state index is -1.95. The van der Waals surface area contributed by atoms with E-state index >= 15 is 4.79 Å². The van der Waals surface area contributed by atoms with Crippen molar-refractivity contribution in [3.05, 3.63) is 28.8 Å². The number of aliphatic hydroxyl groups is 9. The summed E-state index contributed by atoms with van der Waals surface area (Å²) in [6, 6.07) is 3.03. The number of phenolic OH excluding ortho intramolecular Hbond substituents is 2. The van der Waals surface area contributed by atoms with Gasteiger partial charge < -0.3 is 108 Å². The minimum Gasteiger partial charge on any atom is -0.507 e. The van der Waals surface area contributed by atoms with Gasteiger partial charge in [-0.3, -0.25) is 9.59 Å². The Morgan fingerprint density at radius 3 is 1.69 bits per heavy atom. The number of phenols is 2. The monoisotopic (exact) mass is 1110 g/mol. The van der Waals surface area contributed by atoms with Crippen LogP contribution in [0.3, 0.4) is 0 Å². The topological polar surface area (TPSA) is 358 Å². The zero-order valence-corrected chi connectivity index (χ0v) is 46.1. The number of Topliss-reactive ketones (excluding diaryl/α,β-unsaturated/α-hetero) is 2. The Labute approximate surface area is 461 Å². The van der Waals surface area contributed by atoms with Gasteiger partial charge in [0, 0.05) is 50.7 Å². The molecule has 0 aromatic heterocycles. The molecule has 25 heteroatoms. The molecule has 0 amide bonds. The Balaban J connectivity index is 0.00000861. The van der Waals surface area contributed by atoms with Gasteiger partial charge in [-0.25, -0.2) is 0 Å². The van der Waals surface area contributed by atoms with E-state index in [0.29, 0.717) is 0 Å². The van der Waals surface area contributed by atoms with Crippen molar-refractivity contribution < 1.29 is 118 Å². The van der Waals surface area contributed by atoms with Crippen LogP contribution in [0.2, 0.25) is 0 Å². The molecule has 428 valence electrons. The van der Waals surface area contributed by atoms with Crippen LogP contribution in [0.25, 0.3) is 10.8 Å². The number of benzene rings is 2. The van der Waals surface area contributed by atoms with Crippen molar-refractivity contribution in [1.29, 1.82) is 0 Å². The number of ketones is 2. The maximum Gasteiger partial charge on any atom is 2.00 e. The molecule has 5 heterocycles. The molecule has 5 saturated heterocycles. The van der Waals surface area contributed by atoms with E-state index < -0.39 is 176 Å². The fourth-order valence-corrected chi connectivity index (χ4v) is 11.3. The Kier molecular flexibility index (Phi) is 20.1. The number of hydrogen-bond donors (Lipinski definition) is 11. The molecule has 0 bridgehead atoms. The molecule has 24 nitrogen and oxygen atoms in total. The average molecular weight is 1110 g/mol. The van der Waals surface area contributed by atoms with Gasteiger partial charge in [0.25, 0.3) is 0 Å². The molecule has 11 N–H and O–H groups in total. The molecule has 8 rings (SSSR count). The summed E-state index contributed by atoms with van der Waals surface area (Å²) in [6.45, 7) is 12.1. The fraction of sp³-hybridized carbons (Fsp3) is 0.769. The summed E-state index contributed by atoms with van der Waals surface area (Å²) in [5.41, 5.74) is -1.47. The summed E-state index contributed by atoms with van der Waals surface area (Å²) in [4.78, 5) is 28.9. The molecule has 1 aliphatic carbocycles. The Morgan fingerprint density at radius 1 is 0.688 bits per heavy atom. The Hall–Kier alpha value is -2.55. The van der Waals surface area contributed by atoms with Gasteiger partial charge in [-0.1, -0.05) is 0 Å². The van der Waals surface area contributed by atoms with E-state index in [1.807, 2.05) is 0 Å². The molecule has 0 saturated carbocycles. The summed E-state index contributed by atoms with van der Waals surface area (Å²) in [5, 5.41) is 120. The maximum atomic E-state index is 15.0. The van der Waals surface area contributed by atoms with Crippen LogP contribution in [-0.4, -0.2) is 245 Å². The third kappa shape index (κ3) is 12.9. The van der Waals surface area contributed by atoms with E-state index in [4.69, 9.17) is 52.1 Å². The number of aromatic hydroxyl groups is 2. The second kappa shape index (κ2) is 24.9. The number of carbonyl (C=O) groups excluding carboxylic acids is 2. The fourth-order valence-electron chi connectivity index (χ4n) is 11.3. The van der Waals surface area contributed by atoms with Crippen LogP contribution in [-0.2, 0) is 58.6 Å². The first-order valence-corrected chi connectivity index (χ1v) is 26.0. The molecular weight excluding hydrogens is 1030 g/mol. The van der Waals surface area contributed by atoms with Crippen LogP contribution in [0.15, 0.2) is 12.1 Å². The molecule has 77 heavy (non-hydrogen) atoms. The van der Waals surface area contributed by atoms with Crippen molar-refractivity contribution in [1.82, 2.24) is 0 Å². The van der Waals surface area contributed by atoms with Crippen LogP contribution < -0.4 is 4.74 Å². The average Bonchev–Trinajstić information content (AvgIpc) is 3.38. The maximum absolute atomic E-state index is 15.0. The standard InChI is InChI=1S/C52H76O24.Mg/c1-18-29(72-34-14-30(43(58)21(4)68-34)73-33-13-28(54)42(57)20(3)67-33)12-26-10-25-11-27(49(66-9)48(63)41(56)19(2)53)50(47(62)39(25)46(61)38(26)40(18)55)76-36-16-31(44(59)23(6)70-36)74-35-15-32(45(60)22(5)69-35)75-37-17-52(8,65)51(64)24(7)71-37;/h10,12,19-24,27-28,30-37,41-45,49-51,53-61,64-65H,11,13-17H2,1-9H3;/q;+2/t19-,20-,21-,22-,23-,24-,27+,28-,30-,31-,32-,33+,34+,35+,36+,37+,41?,42-,43+,44-,45-,49+,50+,51-,52+;/m1./s1. The Morgan fingerprint density at radius 2 is 1.17 bits per heavy atom. The number of fused-ring (bicyclic) bond motifs is 2. The third-order valence-electron chi connectivity index (χ3n) is 15.9. The van der Waals surface area contributed by atoms with Gasteiger partial charge in [0.05, 0.1) is 77.6 Å². The molecule has 0 spiro atoms. The first-order valence-electron chi connectivity index (χ1n) is 26.0. The predicted molar refractivity (Wildman–Crippen MR) is 264 cm³/mol. The van der Waals surface area contributed by atoms with Crippen LogP contribution in [0.5, 0.6) is 17.2 Å². The molecule has 25 atom stereocenters. The minimum absolute atomic E-state index is 0. The summed E-state index contributed by atoms with van der Waals surface area (Å²) in [6.07, 6.45) is -27.0. The summed E-state index contributed by atoms with van der Waals surface area (Å²) in [7, 11) is 1.18. The SMILES string of the molecule is CO[C@H](C(=O)C(O)[C@@H](C)O)[C@@H]1Cc2cc3cc(O[C@H]4C[C@@H](O[C@H]5C[C@@H](O)[C@H](O)[C@@H](C)O5)[C@@H](O)[C@@H](C)O4)c(C)c(O)c3c(O)c2C(=O)[C@H]1O[C@H]1C[C@@H](O[C@H]2C[C@@H](O[C@H]3C[C@](C)(O)[C@H](O)[C@@H](C)O3)[C@H](O)[C@@H](C)O2)[C@H](O)[C@@H](C)O1.[Mg+2]. The number of carbonyl (C=O) groups is 2. The van der Waals surface area contributed by atoms with Crippen LogP contribution in [0.1, 0.15) is 102 Å². The second-order valence-corrected chi connectivity index (χ2v) is 21.7. The van der Waals surface area contributed by atoms with Crippen molar-refractivity contribution in [3.63, 3.8) is 0 Å². The van der Waals surface area contributed by atoms with Gasteiger partial charge in [-0.2, -0.15) is 0 Å². The molecule has 1 unspecified atom stereocenters. The first kappa shape index (κ1) is 62.1. The van der Waals surface area contributed by atoms with Crippen molar-refractivity contribution in [2.45, 2.75) is 241 Å². The van der Waals surface area contributed by atoms with Gasteiger partial charge in [0.2, 0.25) is 6.29 Å². The smallest absolute Gasteiger partial charge is 0.507 e. The van der Waals surface area contributed by atoms with E-state index in [1.165, 1.54) is 46.9 Å². The van der Waals surface area contributed by atoms with Gasteiger partial charge in [-0.15, -0.1) is 0 Å². The van der Waals surface area contributed by atoms with E-state index in [1.54, 1.807) is 27.7 Å². The molecule has 0 radical (unpaired) electrons. The van der Waals surface area contributed by atoms with Crippen LogP contribution in [0.4, 0.5) is 0 Å². The molecule has 2 aromatic rings. The number of hydrogen-bond acceptors (Lipinski definition) is 24. The normalized spacial score (nSPS) is 41.9. The first-order chi connectivity index (χ1) is 35.7. The van der Waals surface area contributed by atoms with Gasteiger partial charge >= 0.3 is 23.1 Å². The summed E-state index contributed by atoms with van der Waals surface area (Å²) >= 11 is 0. The van der Waals surface area contributed by atoms with Gasteiger partial charge in [0.15, 0.2) is 36.7 Å². The summed E-state index contributed by atoms with van der Waals surface area (Å²) < 4.78 is 66.5. The molecule has 6 aliphatic rings. The predicted octanol–water partition coefficient (Wildman–Crippen LogP) is -0.630. The van der Waals surface area contributed by atoms with Crippen molar-refractivity contribution in [2.75, 3.05) is 7.11 Å². The molecular formula is C52H76MgO24+2. The number of aliphatic hydroxyl groups excluding tert-OH is 8. The number of ether oxygens (including phenoxy) is 11. The third-order valence-corrected chi connectivity index (χ3v) is 15.9. The van der Waals surface area contributed by atoms with Gasteiger partial charge in [-0.05, 0) is 84.9 Å². The number of rotatable bonds is 15. The van der Waals surface area contributed by atoms with Crippen molar-refractivity contribution in [2.24, 2.45) is 5.92 Å². The van der Waals surface area contributed by atoms with E-state index in [0.717, 1.165) is 0 Å². The second-order valence-electron chi connectivity index (χ2n) is 21.7. The quantitative estimate of drug-likeness (QED) is 0.0989. The van der Waals surface area contributed by atoms with E-state index in [2.05, 4.69) is 0 Å². The molecule has 2 aromatic carbocycles. The largest absolute Gasteiger partial charge is 2.00 e. The Bertz CT molecular complexity index is 2360. The summed E-state index contributed by atoms with van der Waals surface area (Å²) in [5.74, 6) is -4.07. The van der Waals surface area contributed by atoms with E-state index in [9.17, 15) is 61.0 Å². The van der Waals surface area contributed by atoms with E-state index in [-0.39, 0.29) is 94.8 Å². The molecule has 5 aliphatic heterocycles. The number of methoxy groups -OCH3 is 1. The van der Waals surface area contributed by atoms with Crippen molar-refractivity contribution >= 4 is 45.4 Å². The van der Waals surface area contributed by atoms with Crippen molar-refractivity contribution in [3.8, 4) is 17.2 Å².